The maximum absolute atomic E-state index is 6.37. The van der Waals surface area contributed by atoms with Crippen LogP contribution in [0.4, 0.5) is 0 Å². The van der Waals surface area contributed by atoms with E-state index in [1.54, 1.807) is 11.3 Å². The van der Waals surface area contributed by atoms with Crippen LogP contribution < -0.4 is 14.0 Å². The lowest BCUT2D eigenvalue weighted by molar-refractivity contribution is -0.703. The van der Waals surface area contributed by atoms with Crippen molar-refractivity contribution in [3.8, 4) is 22.6 Å². The van der Waals surface area contributed by atoms with Crippen molar-refractivity contribution in [1.29, 1.82) is 0 Å². The second kappa shape index (κ2) is 7.36. The third kappa shape index (κ3) is 3.31. The zero-order valence-electron chi connectivity index (χ0n) is 17.1. The van der Waals surface area contributed by atoms with Crippen LogP contribution in [0.1, 0.15) is 5.69 Å². The Kier molecular flexibility index (Phi) is 4.35. The number of rotatable bonds is 3. The second-order valence-corrected chi connectivity index (χ2v) is 8.81. The van der Waals surface area contributed by atoms with Gasteiger partial charge in [-0.2, -0.15) is 0 Å². The summed E-state index contributed by atoms with van der Waals surface area (Å²) in [7, 11) is 0. The van der Waals surface area contributed by atoms with Crippen molar-refractivity contribution in [2.75, 3.05) is 6.61 Å². The Hall–Kier alpha value is -3.44. The Morgan fingerprint density at radius 3 is 2.84 bits per heavy atom. The number of fused-ring (bicyclic) bond motifs is 4. The molecule has 2 aromatic carbocycles. The normalized spacial score (nSPS) is 15.5. The summed E-state index contributed by atoms with van der Waals surface area (Å²) in [5.74, 6) is 1.58. The minimum absolute atomic E-state index is 0.0593. The van der Waals surface area contributed by atoms with Gasteiger partial charge in [-0.3, -0.25) is 4.98 Å². The molecule has 5 heteroatoms. The molecule has 3 aromatic heterocycles. The average Bonchev–Trinajstić information content (AvgIpc) is 3.28. The second-order valence-electron chi connectivity index (χ2n) is 7.89. The van der Waals surface area contributed by atoms with E-state index in [4.69, 9.17) is 9.47 Å². The number of aromatic nitrogens is 2. The van der Waals surface area contributed by atoms with E-state index >= 15 is 0 Å². The highest BCUT2D eigenvalue weighted by atomic mass is 32.1. The number of aryl methyl sites for hydroxylation is 1. The van der Waals surface area contributed by atoms with Crippen LogP contribution in [0.3, 0.4) is 0 Å². The third-order valence-electron chi connectivity index (χ3n) is 5.73. The molecule has 5 aromatic rings. The summed E-state index contributed by atoms with van der Waals surface area (Å²) in [5.41, 5.74) is 4.43. The lowest BCUT2D eigenvalue weighted by Gasteiger charge is -2.25. The zero-order valence-corrected chi connectivity index (χ0v) is 17.9. The van der Waals surface area contributed by atoms with E-state index < -0.39 is 0 Å². The minimum atomic E-state index is -0.0593. The van der Waals surface area contributed by atoms with Crippen molar-refractivity contribution in [2.45, 2.75) is 19.6 Å². The largest absolute Gasteiger partial charge is 0.486 e. The van der Waals surface area contributed by atoms with Crippen molar-refractivity contribution in [3.63, 3.8) is 0 Å². The van der Waals surface area contributed by atoms with E-state index in [-0.39, 0.29) is 6.10 Å². The number of ether oxygens (including phenoxy) is 2. The molecule has 1 atom stereocenters. The number of hydrogen-bond acceptors (Lipinski definition) is 4. The molecule has 0 spiro atoms. The SMILES string of the molecule is Cc1ccc2c3c(ccc2n1)OCC(C[n+]1ccc(-c2cccc4ccsc24)cc1)O3. The van der Waals surface area contributed by atoms with Gasteiger partial charge in [0.25, 0.3) is 0 Å². The highest BCUT2D eigenvalue weighted by molar-refractivity contribution is 7.17. The molecule has 1 aliphatic rings. The molecule has 0 saturated heterocycles. The minimum Gasteiger partial charge on any atom is -0.486 e. The number of hydrogen-bond donors (Lipinski definition) is 0. The molecule has 0 amide bonds. The number of pyridine rings is 2. The van der Waals surface area contributed by atoms with Gasteiger partial charge >= 0.3 is 0 Å². The van der Waals surface area contributed by atoms with Crippen molar-refractivity contribution >= 4 is 32.3 Å². The molecule has 1 aliphatic heterocycles. The van der Waals surface area contributed by atoms with E-state index in [2.05, 4.69) is 69.8 Å². The first-order chi connectivity index (χ1) is 15.2. The van der Waals surface area contributed by atoms with Crippen LogP contribution in [-0.2, 0) is 6.54 Å². The Balaban J connectivity index is 1.25. The summed E-state index contributed by atoms with van der Waals surface area (Å²) in [6.45, 7) is 3.25. The lowest BCUT2D eigenvalue weighted by atomic mass is 10.1. The highest BCUT2D eigenvalue weighted by Gasteiger charge is 2.26. The molecule has 0 bridgehead atoms. The Morgan fingerprint density at radius 2 is 1.94 bits per heavy atom. The predicted molar refractivity (Wildman–Crippen MR) is 124 cm³/mol. The van der Waals surface area contributed by atoms with Gasteiger partial charge in [0, 0.05) is 27.9 Å². The quantitative estimate of drug-likeness (QED) is 0.355. The fourth-order valence-corrected chi connectivity index (χ4v) is 5.12. The van der Waals surface area contributed by atoms with Crippen molar-refractivity contribution in [2.24, 2.45) is 0 Å². The zero-order chi connectivity index (χ0) is 20.8. The fraction of sp³-hybridized carbons (Fsp3) is 0.154. The Labute approximate surface area is 184 Å². The molecule has 152 valence electrons. The summed E-state index contributed by atoms with van der Waals surface area (Å²) < 4.78 is 15.9. The first kappa shape index (κ1) is 18.3. The topological polar surface area (TPSA) is 35.2 Å². The van der Waals surface area contributed by atoms with Gasteiger partial charge in [-0.05, 0) is 59.1 Å². The smallest absolute Gasteiger partial charge is 0.191 e. The van der Waals surface area contributed by atoms with Crippen molar-refractivity contribution in [1.82, 2.24) is 4.98 Å². The van der Waals surface area contributed by atoms with Crippen LogP contribution in [0.25, 0.3) is 32.1 Å². The molecule has 1 unspecified atom stereocenters. The van der Waals surface area contributed by atoms with E-state index in [1.807, 2.05) is 25.1 Å². The standard InChI is InChI=1S/C26H21N2O2S/c1-17-5-6-22-23(27-17)7-8-24-25(22)30-20(16-29-24)15-28-12-9-18(10-13-28)21-4-2-3-19-11-14-31-26(19)21/h2-14,20H,15-16H2,1H3/q+1. The van der Waals surface area contributed by atoms with Gasteiger partial charge in [0.15, 0.2) is 36.5 Å². The average molecular weight is 426 g/mol. The van der Waals surface area contributed by atoms with Gasteiger partial charge in [0.2, 0.25) is 0 Å². The van der Waals surface area contributed by atoms with Crippen LogP contribution in [0, 0.1) is 6.92 Å². The van der Waals surface area contributed by atoms with Crippen LogP contribution in [0.5, 0.6) is 11.5 Å². The van der Waals surface area contributed by atoms with Crippen molar-refractivity contribution < 1.29 is 14.0 Å². The monoisotopic (exact) mass is 425 g/mol. The van der Waals surface area contributed by atoms with Gasteiger partial charge in [-0.25, -0.2) is 4.57 Å². The van der Waals surface area contributed by atoms with Crippen LogP contribution in [-0.4, -0.2) is 17.7 Å². The molecule has 0 radical (unpaired) electrons. The Bertz CT molecular complexity index is 1410. The molecule has 0 saturated carbocycles. The van der Waals surface area contributed by atoms with Gasteiger partial charge in [0.05, 0.1) is 5.52 Å². The van der Waals surface area contributed by atoms with Crippen LogP contribution >= 0.6 is 11.3 Å². The Morgan fingerprint density at radius 1 is 1.03 bits per heavy atom. The molecule has 6 rings (SSSR count). The molecule has 0 N–H and O–H groups in total. The van der Waals surface area contributed by atoms with Crippen LogP contribution in [0.15, 0.2) is 78.4 Å². The third-order valence-corrected chi connectivity index (χ3v) is 6.69. The van der Waals surface area contributed by atoms with Crippen molar-refractivity contribution in [3.05, 3.63) is 84.1 Å². The van der Waals surface area contributed by atoms with Gasteiger partial charge in [0.1, 0.15) is 6.61 Å². The molecular formula is C26H21N2O2S+. The number of benzene rings is 2. The molecule has 0 fully saturated rings. The summed E-state index contributed by atoms with van der Waals surface area (Å²) in [6.07, 6.45) is 4.18. The van der Waals surface area contributed by atoms with E-state index in [0.29, 0.717) is 6.61 Å². The van der Waals surface area contributed by atoms with E-state index in [0.717, 1.165) is 34.6 Å². The first-order valence-electron chi connectivity index (χ1n) is 10.4. The number of thiophene rings is 1. The number of nitrogens with zero attached hydrogens (tertiary/aromatic N) is 2. The molecule has 4 heterocycles. The maximum atomic E-state index is 6.37. The van der Waals surface area contributed by atoms with E-state index in [1.165, 1.54) is 21.2 Å². The lowest BCUT2D eigenvalue weighted by Crippen LogP contribution is -2.45. The maximum Gasteiger partial charge on any atom is 0.191 e. The first-order valence-corrected chi connectivity index (χ1v) is 11.3. The molecule has 31 heavy (non-hydrogen) atoms. The van der Waals surface area contributed by atoms with Crippen LogP contribution in [0.2, 0.25) is 0 Å². The molecular weight excluding hydrogens is 404 g/mol. The van der Waals surface area contributed by atoms with Gasteiger partial charge < -0.3 is 9.47 Å². The molecule has 4 nitrogen and oxygen atoms in total. The summed E-state index contributed by atoms with van der Waals surface area (Å²) in [5, 5.41) is 4.44. The summed E-state index contributed by atoms with van der Waals surface area (Å²) in [4.78, 5) is 4.61. The van der Waals surface area contributed by atoms with Gasteiger partial charge in [-0.15, -0.1) is 11.3 Å². The predicted octanol–water partition coefficient (Wildman–Crippen LogP) is 5.55. The highest BCUT2D eigenvalue weighted by Crippen LogP contribution is 2.38. The summed E-state index contributed by atoms with van der Waals surface area (Å²) >= 11 is 1.79. The molecule has 0 aliphatic carbocycles. The fourth-order valence-electron chi connectivity index (χ4n) is 4.18. The summed E-state index contributed by atoms with van der Waals surface area (Å²) in [6, 6.07) is 21.0. The van der Waals surface area contributed by atoms with E-state index in [9.17, 15) is 0 Å². The van der Waals surface area contributed by atoms with Gasteiger partial charge in [-0.1, -0.05) is 18.2 Å².